The summed E-state index contributed by atoms with van der Waals surface area (Å²) in [7, 11) is 0. The first-order chi connectivity index (χ1) is 11.7. The summed E-state index contributed by atoms with van der Waals surface area (Å²) in [6, 6.07) is 24.6. The fourth-order valence-corrected chi connectivity index (χ4v) is 3.30. The largest absolute Gasteiger partial charge is 0.319 e. The van der Waals surface area contributed by atoms with Crippen LogP contribution in [0.5, 0.6) is 0 Å². The van der Waals surface area contributed by atoms with Crippen LogP contribution in [0.4, 0.5) is 0 Å². The minimum atomic E-state index is 0.741. The Morgan fingerprint density at radius 2 is 1.71 bits per heavy atom. The number of hydrogen-bond donors (Lipinski definition) is 0. The summed E-state index contributed by atoms with van der Waals surface area (Å²) in [5.41, 5.74) is 5.70. The van der Waals surface area contributed by atoms with Crippen molar-refractivity contribution in [2.45, 2.75) is 13.5 Å². The van der Waals surface area contributed by atoms with Gasteiger partial charge in [0.25, 0.3) is 0 Å². The highest BCUT2D eigenvalue weighted by Crippen LogP contribution is 2.28. The molecular weight excluding hydrogens is 316 g/mol. The van der Waals surface area contributed by atoms with E-state index in [1.165, 1.54) is 11.1 Å². The van der Waals surface area contributed by atoms with Crippen LogP contribution in [0.2, 0.25) is 5.02 Å². The molecule has 0 radical (unpaired) electrons. The van der Waals surface area contributed by atoms with E-state index in [1.54, 1.807) is 0 Å². The maximum absolute atomic E-state index is 6.16. The predicted molar refractivity (Wildman–Crippen MR) is 100 cm³/mol. The Kier molecular flexibility index (Phi) is 3.83. The van der Waals surface area contributed by atoms with Crippen molar-refractivity contribution < 1.29 is 0 Å². The topological polar surface area (TPSA) is 17.8 Å². The van der Waals surface area contributed by atoms with Crippen LogP contribution in [0.1, 0.15) is 11.1 Å². The number of para-hydroxylation sites is 2. The summed E-state index contributed by atoms with van der Waals surface area (Å²) in [6.45, 7) is 2.86. The highest BCUT2D eigenvalue weighted by molar-refractivity contribution is 6.30. The highest BCUT2D eigenvalue weighted by Gasteiger charge is 2.14. The number of hydrogen-bond acceptors (Lipinski definition) is 1. The predicted octanol–water partition coefficient (Wildman–Crippen LogP) is 5.71. The Morgan fingerprint density at radius 1 is 0.917 bits per heavy atom. The molecule has 0 atom stereocenters. The van der Waals surface area contributed by atoms with Gasteiger partial charge >= 0.3 is 0 Å². The third-order valence-corrected chi connectivity index (χ3v) is 4.51. The molecule has 0 unspecified atom stereocenters. The first kappa shape index (κ1) is 15.0. The molecule has 3 aromatic carbocycles. The standard InChI is InChI=1S/C21H17ClN2/c1-15-7-2-3-10-18(15)21-23-19-11-4-5-12-20(19)24(21)14-16-8-6-9-17(22)13-16/h2-13H,14H2,1H3. The van der Waals surface area contributed by atoms with Crippen molar-refractivity contribution in [3.63, 3.8) is 0 Å². The highest BCUT2D eigenvalue weighted by atomic mass is 35.5. The normalized spacial score (nSPS) is 11.1. The Balaban J connectivity index is 1.92. The molecule has 2 nitrogen and oxygen atoms in total. The molecule has 0 bridgehead atoms. The number of rotatable bonds is 3. The average Bonchev–Trinajstić information content (AvgIpc) is 2.94. The zero-order valence-corrected chi connectivity index (χ0v) is 14.2. The van der Waals surface area contributed by atoms with Crippen molar-refractivity contribution in [2.24, 2.45) is 0 Å². The minimum Gasteiger partial charge on any atom is -0.319 e. The summed E-state index contributed by atoms with van der Waals surface area (Å²) < 4.78 is 2.27. The average molecular weight is 333 g/mol. The third kappa shape index (κ3) is 2.70. The number of imidazole rings is 1. The van der Waals surface area contributed by atoms with Crippen molar-refractivity contribution in [2.75, 3.05) is 0 Å². The second-order valence-corrected chi connectivity index (χ2v) is 6.39. The summed E-state index contributed by atoms with van der Waals surface area (Å²) in [6.07, 6.45) is 0. The molecule has 0 aliphatic heterocycles. The second kappa shape index (κ2) is 6.14. The molecule has 1 heterocycles. The molecule has 4 aromatic rings. The van der Waals surface area contributed by atoms with Crippen molar-refractivity contribution in [3.05, 3.63) is 88.9 Å². The summed E-state index contributed by atoms with van der Waals surface area (Å²) in [5.74, 6) is 0.995. The Morgan fingerprint density at radius 3 is 2.54 bits per heavy atom. The molecule has 1 aromatic heterocycles. The molecule has 3 heteroatoms. The van der Waals surface area contributed by atoms with Crippen LogP contribution in [0.3, 0.4) is 0 Å². The number of halogens is 1. The molecule has 0 aliphatic carbocycles. The zero-order chi connectivity index (χ0) is 16.5. The van der Waals surface area contributed by atoms with Gasteiger partial charge in [-0.3, -0.25) is 0 Å². The summed E-state index contributed by atoms with van der Waals surface area (Å²) in [4.78, 5) is 4.89. The van der Waals surface area contributed by atoms with E-state index in [9.17, 15) is 0 Å². The molecule has 0 N–H and O–H groups in total. The van der Waals surface area contributed by atoms with Gasteiger partial charge < -0.3 is 4.57 Å². The van der Waals surface area contributed by atoms with Crippen LogP contribution >= 0.6 is 11.6 Å². The van der Waals surface area contributed by atoms with E-state index in [0.717, 1.165) is 34.0 Å². The van der Waals surface area contributed by atoms with Crippen LogP contribution in [0, 0.1) is 6.92 Å². The van der Waals surface area contributed by atoms with Gasteiger partial charge in [0.2, 0.25) is 0 Å². The Hall–Kier alpha value is -2.58. The maximum atomic E-state index is 6.16. The van der Waals surface area contributed by atoms with Crippen LogP contribution in [0.15, 0.2) is 72.8 Å². The van der Waals surface area contributed by atoms with E-state index >= 15 is 0 Å². The lowest BCUT2D eigenvalue weighted by atomic mass is 10.1. The maximum Gasteiger partial charge on any atom is 0.141 e. The van der Waals surface area contributed by atoms with Crippen LogP contribution in [-0.4, -0.2) is 9.55 Å². The van der Waals surface area contributed by atoms with E-state index in [1.807, 2.05) is 24.3 Å². The van der Waals surface area contributed by atoms with Gasteiger partial charge in [-0.1, -0.05) is 60.1 Å². The SMILES string of the molecule is Cc1ccccc1-c1nc2ccccc2n1Cc1cccc(Cl)c1. The van der Waals surface area contributed by atoms with Gasteiger partial charge in [-0.2, -0.15) is 0 Å². The number of aryl methyl sites for hydroxylation is 1. The molecule has 118 valence electrons. The minimum absolute atomic E-state index is 0.741. The number of nitrogens with zero attached hydrogens (tertiary/aromatic N) is 2. The molecule has 0 amide bonds. The van der Waals surface area contributed by atoms with E-state index in [0.29, 0.717) is 0 Å². The fraction of sp³-hybridized carbons (Fsp3) is 0.0952. The quantitative estimate of drug-likeness (QED) is 0.469. The lowest BCUT2D eigenvalue weighted by molar-refractivity contribution is 0.833. The molecule has 0 saturated carbocycles. The van der Waals surface area contributed by atoms with Crippen molar-refractivity contribution in [3.8, 4) is 11.4 Å². The van der Waals surface area contributed by atoms with Gasteiger partial charge in [0.05, 0.1) is 11.0 Å². The smallest absolute Gasteiger partial charge is 0.141 e. The third-order valence-electron chi connectivity index (χ3n) is 4.27. The van der Waals surface area contributed by atoms with Gasteiger partial charge in [-0.25, -0.2) is 4.98 Å². The second-order valence-electron chi connectivity index (χ2n) is 5.96. The van der Waals surface area contributed by atoms with Gasteiger partial charge in [-0.15, -0.1) is 0 Å². The first-order valence-electron chi connectivity index (χ1n) is 7.98. The molecule has 0 saturated heterocycles. The molecule has 0 aliphatic rings. The van der Waals surface area contributed by atoms with E-state index in [-0.39, 0.29) is 0 Å². The fourth-order valence-electron chi connectivity index (χ4n) is 3.08. The lowest BCUT2D eigenvalue weighted by Gasteiger charge is -2.11. The van der Waals surface area contributed by atoms with Crippen molar-refractivity contribution in [1.29, 1.82) is 0 Å². The monoisotopic (exact) mass is 332 g/mol. The van der Waals surface area contributed by atoms with E-state index in [4.69, 9.17) is 16.6 Å². The lowest BCUT2D eigenvalue weighted by Crippen LogP contribution is -2.03. The van der Waals surface area contributed by atoms with Gasteiger partial charge in [0, 0.05) is 17.1 Å². The van der Waals surface area contributed by atoms with Gasteiger partial charge in [0.1, 0.15) is 5.82 Å². The van der Waals surface area contributed by atoms with Crippen LogP contribution in [-0.2, 0) is 6.54 Å². The zero-order valence-electron chi connectivity index (χ0n) is 13.4. The number of aromatic nitrogens is 2. The van der Waals surface area contributed by atoms with E-state index < -0.39 is 0 Å². The molecule has 0 spiro atoms. The van der Waals surface area contributed by atoms with Crippen molar-refractivity contribution in [1.82, 2.24) is 9.55 Å². The number of benzene rings is 3. The molecular formula is C21H17ClN2. The van der Waals surface area contributed by atoms with Crippen LogP contribution in [0.25, 0.3) is 22.4 Å². The first-order valence-corrected chi connectivity index (χ1v) is 8.36. The Labute approximate surface area is 146 Å². The van der Waals surface area contributed by atoms with E-state index in [2.05, 4.69) is 60.0 Å². The summed E-state index contributed by atoms with van der Waals surface area (Å²) >= 11 is 6.16. The Bertz CT molecular complexity index is 1020. The number of fused-ring (bicyclic) bond motifs is 1. The molecule has 24 heavy (non-hydrogen) atoms. The van der Waals surface area contributed by atoms with Crippen LogP contribution < -0.4 is 0 Å². The summed E-state index contributed by atoms with van der Waals surface area (Å²) in [5, 5.41) is 0.759. The molecule has 0 fully saturated rings. The van der Waals surface area contributed by atoms with Gasteiger partial charge in [0.15, 0.2) is 0 Å². The molecule has 4 rings (SSSR count). The van der Waals surface area contributed by atoms with Crippen molar-refractivity contribution >= 4 is 22.6 Å². The van der Waals surface area contributed by atoms with Gasteiger partial charge in [-0.05, 0) is 42.3 Å².